The largest absolute Gasteiger partial charge is 0.296 e. The molecule has 2 heterocycles. The number of anilines is 1. The van der Waals surface area contributed by atoms with Crippen molar-refractivity contribution in [1.29, 1.82) is 0 Å². The summed E-state index contributed by atoms with van der Waals surface area (Å²) in [5.41, 5.74) is 3.87. The Labute approximate surface area is 171 Å². The lowest BCUT2D eigenvalue weighted by Gasteiger charge is -1.99. The number of thiophene rings is 1. The lowest BCUT2D eigenvalue weighted by Crippen LogP contribution is -2.09. The highest BCUT2D eigenvalue weighted by molar-refractivity contribution is 8.00. The van der Waals surface area contributed by atoms with E-state index >= 15 is 0 Å². The van der Waals surface area contributed by atoms with Crippen LogP contribution in [0.4, 0.5) is 5.13 Å². The molecule has 1 amide bonds. The summed E-state index contributed by atoms with van der Waals surface area (Å²) in [5, 5.41) is 11.8. The second-order valence-corrected chi connectivity index (χ2v) is 10.1. The van der Waals surface area contributed by atoms with Gasteiger partial charge < -0.3 is 0 Å². The number of benzene rings is 1. The molecule has 1 aliphatic carbocycles. The molecule has 0 fully saturated rings. The van der Waals surface area contributed by atoms with Gasteiger partial charge in [-0.05, 0) is 49.8 Å². The normalized spacial score (nSPS) is 13.8. The molecular weight excluding hydrogens is 394 g/mol. The van der Waals surface area contributed by atoms with E-state index in [0.29, 0.717) is 5.13 Å². The zero-order chi connectivity index (χ0) is 18.6. The van der Waals surface area contributed by atoms with Crippen molar-refractivity contribution in [3.63, 3.8) is 0 Å². The molecule has 0 bridgehead atoms. The van der Waals surface area contributed by atoms with E-state index in [1.54, 1.807) is 23.1 Å². The molecule has 0 radical (unpaired) electrons. The Kier molecular flexibility index (Phi) is 5.90. The van der Waals surface area contributed by atoms with E-state index < -0.39 is 0 Å². The van der Waals surface area contributed by atoms with Crippen LogP contribution in [0.3, 0.4) is 0 Å². The van der Waals surface area contributed by atoms with Gasteiger partial charge in [0.1, 0.15) is 0 Å². The van der Waals surface area contributed by atoms with Gasteiger partial charge in [-0.25, -0.2) is 0 Å². The summed E-state index contributed by atoms with van der Waals surface area (Å²) >= 11 is 4.70. The maximum Gasteiger partial charge on any atom is 0.267 e. The van der Waals surface area contributed by atoms with Crippen molar-refractivity contribution in [1.82, 2.24) is 10.2 Å². The van der Waals surface area contributed by atoms with Crippen molar-refractivity contribution in [2.75, 3.05) is 5.32 Å². The molecule has 4 nitrogen and oxygen atoms in total. The Morgan fingerprint density at radius 2 is 1.93 bits per heavy atom. The number of aryl methyl sites for hydroxylation is 3. The van der Waals surface area contributed by atoms with E-state index in [1.165, 1.54) is 52.2 Å². The zero-order valence-corrected chi connectivity index (χ0v) is 17.6. The van der Waals surface area contributed by atoms with E-state index in [4.69, 9.17) is 0 Å². The van der Waals surface area contributed by atoms with Crippen molar-refractivity contribution >= 4 is 45.5 Å². The summed E-state index contributed by atoms with van der Waals surface area (Å²) in [4.78, 5) is 14.7. The first-order valence-electron chi connectivity index (χ1n) is 9.12. The molecule has 1 aromatic carbocycles. The minimum absolute atomic E-state index is 0.0701. The van der Waals surface area contributed by atoms with E-state index in [2.05, 4.69) is 52.8 Å². The van der Waals surface area contributed by atoms with Crippen molar-refractivity contribution in [3.05, 3.63) is 56.8 Å². The Balaban J connectivity index is 1.36. The Morgan fingerprint density at radius 3 is 2.78 bits per heavy atom. The van der Waals surface area contributed by atoms with Crippen molar-refractivity contribution in [3.8, 4) is 0 Å². The number of rotatable bonds is 5. The molecule has 1 N–H and O–H groups in total. The second-order valence-electron chi connectivity index (χ2n) is 6.72. The molecule has 0 saturated heterocycles. The Bertz CT molecular complexity index is 907. The van der Waals surface area contributed by atoms with Crippen LogP contribution in [0.5, 0.6) is 0 Å². The van der Waals surface area contributed by atoms with Crippen LogP contribution in [0.2, 0.25) is 0 Å². The lowest BCUT2D eigenvalue weighted by molar-refractivity contribution is 0.103. The number of carbonyl (C=O) groups excluding carboxylic acids is 1. The van der Waals surface area contributed by atoms with Crippen molar-refractivity contribution in [2.45, 2.75) is 49.1 Å². The molecule has 2 aromatic heterocycles. The van der Waals surface area contributed by atoms with Gasteiger partial charge in [-0.15, -0.1) is 21.5 Å². The molecule has 0 atom stereocenters. The predicted molar refractivity (Wildman–Crippen MR) is 114 cm³/mol. The first-order chi connectivity index (χ1) is 13.2. The predicted octanol–water partition coefficient (Wildman–Crippen LogP) is 5.72. The fourth-order valence-electron chi connectivity index (χ4n) is 3.09. The fraction of sp³-hybridized carbons (Fsp3) is 0.350. The summed E-state index contributed by atoms with van der Waals surface area (Å²) in [6.45, 7) is 2.09. The molecule has 4 rings (SSSR count). The van der Waals surface area contributed by atoms with Gasteiger partial charge in [0, 0.05) is 10.6 Å². The van der Waals surface area contributed by atoms with Crippen LogP contribution < -0.4 is 5.32 Å². The van der Waals surface area contributed by atoms with E-state index in [9.17, 15) is 4.79 Å². The molecule has 27 heavy (non-hydrogen) atoms. The third-order valence-electron chi connectivity index (χ3n) is 4.58. The summed E-state index contributed by atoms with van der Waals surface area (Å²) in [6, 6.07) is 10.6. The van der Waals surface area contributed by atoms with Gasteiger partial charge in [-0.2, -0.15) is 0 Å². The lowest BCUT2D eigenvalue weighted by atomic mass is 10.1. The second kappa shape index (κ2) is 8.54. The number of carbonyl (C=O) groups is 1. The third kappa shape index (κ3) is 4.78. The van der Waals surface area contributed by atoms with Crippen LogP contribution in [0.15, 0.2) is 34.7 Å². The van der Waals surface area contributed by atoms with E-state index in [0.717, 1.165) is 27.8 Å². The van der Waals surface area contributed by atoms with E-state index in [1.807, 2.05) is 0 Å². The Morgan fingerprint density at radius 1 is 1.11 bits per heavy atom. The van der Waals surface area contributed by atoms with Gasteiger partial charge >= 0.3 is 0 Å². The van der Waals surface area contributed by atoms with Gasteiger partial charge in [0.15, 0.2) is 4.34 Å². The average Bonchev–Trinajstić information content (AvgIpc) is 3.23. The van der Waals surface area contributed by atoms with Gasteiger partial charge in [0.2, 0.25) is 5.13 Å². The van der Waals surface area contributed by atoms with E-state index in [-0.39, 0.29) is 5.91 Å². The van der Waals surface area contributed by atoms with Crippen molar-refractivity contribution in [2.24, 2.45) is 0 Å². The highest BCUT2D eigenvalue weighted by Gasteiger charge is 2.17. The van der Waals surface area contributed by atoms with Crippen LogP contribution in [0.25, 0.3) is 0 Å². The highest BCUT2D eigenvalue weighted by Crippen LogP contribution is 2.31. The minimum Gasteiger partial charge on any atom is -0.296 e. The summed E-state index contributed by atoms with van der Waals surface area (Å²) < 4.78 is 0.868. The first kappa shape index (κ1) is 18.7. The fourth-order valence-corrected chi connectivity index (χ4v) is 5.94. The SMILES string of the molecule is Cc1ccc(CSc2nnc(NC(=O)c3cc4c(s3)CCCCC4)s2)cc1. The number of nitrogens with one attached hydrogen (secondary N) is 1. The average molecular weight is 416 g/mol. The van der Waals surface area contributed by atoms with Gasteiger partial charge in [-0.1, -0.05) is 59.3 Å². The highest BCUT2D eigenvalue weighted by atomic mass is 32.2. The number of hydrogen-bond acceptors (Lipinski definition) is 6. The number of nitrogens with zero attached hydrogens (tertiary/aromatic N) is 2. The summed E-state index contributed by atoms with van der Waals surface area (Å²) in [7, 11) is 0. The minimum atomic E-state index is -0.0701. The zero-order valence-electron chi connectivity index (χ0n) is 15.2. The quantitative estimate of drug-likeness (QED) is 0.329. The van der Waals surface area contributed by atoms with Crippen LogP contribution in [-0.4, -0.2) is 16.1 Å². The molecule has 0 aliphatic heterocycles. The number of hydrogen-bond donors (Lipinski definition) is 1. The topological polar surface area (TPSA) is 54.9 Å². The third-order valence-corrected chi connectivity index (χ3v) is 7.86. The Hall–Kier alpha value is -1.70. The van der Waals surface area contributed by atoms with Crippen LogP contribution in [0.1, 0.15) is 50.5 Å². The molecule has 140 valence electrons. The molecule has 1 aliphatic rings. The maximum absolute atomic E-state index is 12.6. The first-order valence-corrected chi connectivity index (χ1v) is 11.7. The molecule has 3 aromatic rings. The number of aromatic nitrogens is 2. The molecule has 0 saturated carbocycles. The maximum atomic E-state index is 12.6. The molecule has 7 heteroatoms. The molecular formula is C20H21N3OS3. The van der Waals surface area contributed by atoms with Gasteiger partial charge in [0.25, 0.3) is 5.91 Å². The number of thioether (sulfide) groups is 1. The van der Waals surface area contributed by atoms with Gasteiger partial charge in [0.05, 0.1) is 4.88 Å². The molecule has 0 spiro atoms. The summed E-state index contributed by atoms with van der Waals surface area (Å²) in [6.07, 6.45) is 5.94. The monoisotopic (exact) mass is 415 g/mol. The standard InChI is InChI=1S/C20H21N3OS3/c1-13-7-9-14(10-8-13)12-25-20-23-22-19(27-20)21-18(24)17-11-15-5-3-2-4-6-16(15)26-17/h7-11H,2-6,12H2,1H3,(H,21,22,24). The van der Waals surface area contributed by atoms with Crippen molar-refractivity contribution < 1.29 is 4.79 Å². The number of amides is 1. The number of fused-ring (bicyclic) bond motifs is 1. The van der Waals surface area contributed by atoms with Crippen LogP contribution >= 0.6 is 34.4 Å². The van der Waals surface area contributed by atoms with Crippen LogP contribution in [-0.2, 0) is 18.6 Å². The summed E-state index contributed by atoms with van der Waals surface area (Å²) in [5.74, 6) is 0.778. The molecule has 0 unspecified atom stereocenters. The van der Waals surface area contributed by atoms with Gasteiger partial charge in [-0.3, -0.25) is 10.1 Å². The van der Waals surface area contributed by atoms with Crippen LogP contribution in [0, 0.1) is 6.92 Å². The smallest absolute Gasteiger partial charge is 0.267 e.